The fourth-order valence-electron chi connectivity index (χ4n) is 3.17. The average Bonchev–Trinajstić information content (AvgIpc) is 2.75. The molecule has 8 nitrogen and oxygen atoms in total. The minimum Gasteiger partial charge on any atom is -0.324 e. The average molecular weight is 488 g/mol. The number of benzene rings is 3. The number of nitro groups is 1. The van der Waals surface area contributed by atoms with Gasteiger partial charge in [0.05, 0.1) is 26.8 Å². The van der Waals surface area contributed by atoms with Gasteiger partial charge in [-0.1, -0.05) is 41.4 Å². The SMILES string of the molecule is Cc1ccc(S(=O)(=O)N(CC(=O)Nc2cccc([N+](=O)[O-])c2C)c2ccc(C)c(Cl)c2)cc1. The zero-order valence-corrected chi connectivity index (χ0v) is 19.8. The van der Waals surface area contributed by atoms with Crippen molar-refractivity contribution in [3.05, 3.63) is 92.5 Å². The number of hydrogen-bond donors (Lipinski definition) is 1. The molecule has 3 aromatic carbocycles. The van der Waals surface area contributed by atoms with Crippen LogP contribution in [0.4, 0.5) is 17.1 Å². The van der Waals surface area contributed by atoms with Crippen LogP contribution in [-0.2, 0) is 14.8 Å². The second-order valence-electron chi connectivity index (χ2n) is 7.51. The van der Waals surface area contributed by atoms with Crippen molar-refractivity contribution in [2.45, 2.75) is 25.7 Å². The first-order valence-electron chi connectivity index (χ1n) is 9.90. The fourth-order valence-corrected chi connectivity index (χ4v) is 4.75. The van der Waals surface area contributed by atoms with Crippen molar-refractivity contribution in [2.75, 3.05) is 16.2 Å². The zero-order valence-electron chi connectivity index (χ0n) is 18.2. The van der Waals surface area contributed by atoms with E-state index in [-0.39, 0.29) is 27.5 Å². The quantitative estimate of drug-likeness (QED) is 0.372. The lowest BCUT2D eigenvalue weighted by atomic mass is 10.1. The second kappa shape index (κ2) is 9.60. The summed E-state index contributed by atoms with van der Waals surface area (Å²) in [6, 6.07) is 15.3. The Morgan fingerprint density at radius 3 is 2.33 bits per heavy atom. The molecule has 0 aromatic heterocycles. The predicted octanol–water partition coefficient (Wildman–Crippen LogP) is 5.01. The van der Waals surface area contributed by atoms with Crippen molar-refractivity contribution in [3.8, 4) is 0 Å². The summed E-state index contributed by atoms with van der Waals surface area (Å²) in [4.78, 5) is 23.6. The highest BCUT2D eigenvalue weighted by Crippen LogP contribution is 2.29. The van der Waals surface area contributed by atoms with Crippen LogP contribution in [0.5, 0.6) is 0 Å². The Labute approximate surface area is 197 Å². The molecule has 172 valence electrons. The van der Waals surface area contributed by atoms with E-state index in [1.807, 2.05) is 6.92 Å². The number of carbonyl (C=O) groups is 1. The number of carbonyl (C=O) groups excluding carboxylic acids is 1. The van der Waals surface area contributed by atoms with Crippen LogP contribution in [0.15, 0.2) is 65.6 Å². The monoisotopic (exact) mass is 487 g/mol. The summed E-state index contributed by atoms with van der Waals surface area (Å²) in [6.07, 6.45) is 0. The van der Waals surface area contributed by atoms with Gasteiger partial charge in [-0.25, -0.2) is 8.42 Å². The van der Waals surface area contributed by atoms with E-state index in [2.05, 4.69) is 5.32 Å². The topological polar surface area (TPSA) is 110 Å². The van der Waals surface area contributed by atoms with Crippen molar-refractivity contribution < 1.29 is 18.1 Å². The van der Waals surface area contributed by atoms with E-state index in [0.717, 1.165) is 15.4 Å². The number of hydrogen-bond acceptors (Lipinski definition) is 5. The normalized spacial score (nSPS) is 11.2. The number of nitrogens with zero attached hydrogens (tertiary/aromatic N) is 2. The van der Waals surface area contributed by atoms with Crippen LogP contribution < -0.4 is 9.62 Å². The van der Waals surface area contributed by atoms with E-state index in [1.54, 1.807) is 31.2 Å². The van der Waals surface area contributed by atoms with Gasteiger partial charge in [0.15, 0.2) is 0 Å². The van der Waals surface area contributed by atoms with E-state index in [0.29, 0.717) is 5.02 Å². The Balaban J connectivity index is 1.99. The molecule has 0 radical (unpaired) electrons. The largest absolute Gasteiger partial charge is 0.324 e. The first kappa shape index (κ1) is 24.2. The number of sulfonamides is 1. The lowest BCUT2D eigenvalue weighted by molar-refractivity contribution is -0.385. The molecule has 0 saturated heterocycles. The molecule has 0 aliphatic heterocycles. The highest BCUT2D eigenvalue weighted by molar-refractivity contribution is 7.92. The standard InChI is InChI=1S/C23H22ClN3O5S/c1-15-7-11-19(12-8-15)33(31,32)26(18-10-9-16(2)20(24)13-18)14-23(28)25-21-5-4-6-22(17(21)3)27(29)30/h4-13H,14H2,1-3H3,(H,25,28). The van der Waals surface area contributed by atoms with Crippen LogP contribution >= 0.6 is 11.6 Å². The molecule has 0 atom stereocenters. The Hall–Kier alpha value is -3.43. The Bertz CT molecular complexity index is 1320. The third kappa shape index (κ3) is 5.32. The van der Waals surface area contributed by atoms with Gasteiger partial charge < -0.3 is 5.32 Å². The number of rotatable bonds is 7. The van der Waals surface area contributed by atoms with Crippen LogP contribution in [0.1, 0.15) is 16.7 Å². The molecule has 0 fully saturated rings. The van der Waals surface area contributed by atoms with Gasteiger partial charge in [0.25, 0.3) is 15.7 Å². The molecule has 0 bridgehead atoms. The number of anilines is 2. The smallest absolute Gasteiger partial charge is 0.274 e. The number of nitro benzene ring substituents is 1. The van der Waals surface area contributed by atoms with Gasteiger partial charge in [0, 0.05) is 11.1 Å². The van der Waals surface area contributed by atoms with Crippen molar-refractivity contribution in [1.82, 2.24) is 0 Å². The molecular formula is C23H22ClN3O5S. The molecule has 0 aliphatic carbocycles. The summed E-state index contributed by atoms with van der Waals surface area (Å²) in [5.74, 6) is -0.661. The molecule has 1 N–H and O–H groups in total. The molecule has 0 saturated carbocycles. The van der Waals surface area contributed by atoms with Crippen LogP contribution in [0.3, 0.4) is 0 Å². The molecule has 0 aliphatic rings. The summed E-state index contributed by atoms with van der Waals surface area (Å²) in [5.41, 5.74) is 2.20. The Kier molecular flexibility index (Phi) is 7.04. The number of nitrogens with one attached hydrogen (secondary N) is 1. The highest BCUT2D eigenvalue weighted by atomic mass is 35.5. The molecule has 0 spiro atoms. The Morgan fingerprint density at radius 1 is 1.06 bits per heavy atom. The van der Waals surface area contributed by atoms with Gasteiger partial charge in [0.1, 0.15) is 6.54 Å². The van der Waals surface area contributed by atoms with Gasteiger partial charge in [-0.3, -0.25) is 19.2 Å². The number of halogens is 1. The number of aryl methyl sites for hydroxylation is 2. The maximum Gasteiger partial charge on any atom is 0.274 e. The van der Waals surface area contributed by atoms with Crippen molar-refractivity contribution in [3.63, 3.8) is 0 Å². The predicted molar refractivity (Wildman–Crippen MR) is 128 cm³/mol. The lowest BCUT2D eigenvalue weighted by Crippen LogP contribution is -2.38. The minimum atomic E-state index is -4.11. The van der Waals surface area contributed by atoms with Crippen molar-refractivity contribution in [1.29, 1.82) is 0 Å². The van der Waals surface area contributed by atoms with E-state index < -0.39 is 27.4 Å². The summed E-state index contributed by atoms with van der Waals surface area (Å²) < 4.78 is 27.9. The van der Waals surface area contributed by atoms with E-state index in [4.69, 9.17) is 11.6 Å². The number of amides is 1. The summed E-state index contributed by atoms with van der Waals surface area (Å²) >= 11 is 6.22. The molecular weight excluding hydrogens is 466 g/mol. The van der Waals surface area contributed by atoms with Gasteiger partial charge in [0.2, 0.25) is 5.91 Å². The molecule has 0 unspecified atom stereocenters. The van der Waals surface area contributed by atoms with E-state index in [1.165, 1.54) is 43.3 Å². The Morgan fingerprint density at radius 2 is 1.73 bits per heavy atom. The molecule has 1 amide bonds. The molecule has 0 heterocycles. The minimum absolute atomic E-state index is 0.0177. The summed E-state index contributed by atoms with van der Waals surface area (Å²) in [7, 11) is -4.11. The van der Waals surface area contributed by atoms with Gasteiger partial charge >= 0.3 is 0 Å². The van der Waals surface area contributed by atoms with Gasteiger partial charge in [-0.05, 0) is 56.7 Å². The first-order valence-corrected chi connectivity index (χ1v) is 11.7. The van der Waals surface area contributed by atoms with E-state index >= 15 is 0 Å². The first-order chi connectivity index (χ1) is 15.5. The summed E-state index contributed by atoms with van der Waals surface area (Å²) in [5, 5.41) is 14.1. The van der Waals surface area contributed by atoms with Crippen molar-refractivity contribution >= 4 is 44.6 Å². The third-order valence-corrected chi connectivity index (χ3v) is 7.31. The van der Waals surface area contributed by atoms with Gasteiger partial charge in [-0.2, -0.15) is 0 Å². The lowest BCUT2D eigenvalue weighted by Gasteiger charge is -2.25. The van der Waals surface area contributed by atoms with Crippen molar-refractivity contribution in [2.24, 2.45) is 0 Å². The second-order valence-corrected chi connectivity index (χ2v) is 9.78. The molecule has 3 rings (SSSR count). The molecule has 3 aromatic rings. The molecule has 10 heteroatoms. The summed E-state index contributed by atoms with van der Waals surface area (Å²) in [6.45, 7) is 4.57. The van der Waals surface area contributed by atoms with E-state index in [9.17, 15) is 23.3 Å². The maximum atomic E-state index is 13.5. The van der Waals surface area contributed by atoms with Gasteiger partial charge in [-0.15, -0.1) is 0 Å². The zero-order chi connectivity index (χ0) is 24.3. The van der Waals surface area contributed by atoms with Crippen LogP contribution in [0.2, 0.25) is 5.02 Å². The highest BCUT2D eigenvalue weighted by Gasteiger charge is 2.28. The van der Waals surface area contributed by atoms with Crippen LogP contribution in [0.25, 0.3) is 0 Å². The molecule has 33 heavy (non-hydrogen) atoms. The maximum absolute atomic E-state index is 13.5. The van der Waals surface area contributed by atoms with Crippen LogP contribution in [-0.4, -0.2) is 25.8 Å². The van der Waals surface area contributed by atoms with Crippen LogP contribution in [0, 0.1) is 30.9 Å². The fraction of sp³-hybridized carbons (Fsp3) is 0.174. The third-order valence-electron chi connectivity index (χ3n) is 5.12.